The van der Waals surface area contributed by atoms with Gasteiger partial charge in [0.05, 0.1) is 5.25 Å². The van der Waals surface area contributed by atoms with Gasteiger partial charge >= 0.3 is 0 Å². The van der Waals surface area contributed by atoms with Gasteiger partial charge in [0.25, 0.3) is 0 Å². The van der Waals surface area contributed by atoms with Gasteiger partial charge in [-0.2, -0.15) is 0 Å². The third kappa shape index (κ3) is 4.03. The predicted molar refractivity (Wildman–Crippen MR) is 68.8 cm³/mol. The van der Waals surface area contributed by atoms with Gasteiger partial charge in [0.1, 0.15) is 6.33 Å². The smallest absolute Gasteiger partial charge is 0.233 e. The molecule has 1 rings (SSSR count). The lowest BCUT2D eigenvalue weighted by molar-refractivity contribution is -0.121. The Labute approximate surface area is 106 Å². The van der Waals surface area contributed by atoms with Gasteiger partial charge in [-0.05, 0) is 19.8 Å². The summed E-state index contributed by atoms with van der Waals surface area (Å²) in [5.74, 6) is 0.0618. The fourth-order valence-electron chi connectivity index (χ4n) is 1.40. The van der Waals surface area contributed by atoms with E-state index in [0.29, 0.717) is 0 Å². The summed E-state index contributed by atoms with van der Waals surface area (Å²) in [6.45, 7) is 6.04. The lowest BCUT2D eigenvalue weighted by Gasteiger charge is -2.17. The van der Waals surface area contributed by atoms with Crippen LogP contribution in [0.25, 0.3) is 0 Å². The molecular weight excluding hydrogens is 236 g/mol. The third-order valence-corrected chi connectivity index (χ3v) is 3.80. The number of nitrogens with one attached hydrogen (secondary N) is 1. The molecule has 0 saturated carbocycles. The molecule has 5 nitrogen and oxygen atoms in total. The number of aryl methyl sites for hydroxylation is 1. The number of amides is 1. The van der Waals surface area contributed by atoms with E-state index < -0.39 is 0 Å². The van der Waals surface area contributed by atoms with Crippen LogP contribution in [-0.4, -0.2) is 32.0 Å². The van der Waals surface area contributed by atoms with Crippen LogP contribution in [0.3, 0.4) is 0 Å². The zero-order chi connectivity index (χ0) is 12.8. The minimum absolute atomic E-state index is 0.0618. The van der Waals surface area contributed by atoms with Gasteiger partial charge in [0.15, 0.2) is 5.16 Å². The summed E-state index contributed by atoms with van der Waals surface area (Å²) in [6, 6.07) is 0.269. The summed E-state index contributed by atoms with van der Waals surface area (Å²) in [4.78, 5) is 11.9. The summed E-state index contributed by atoms with van der Waals surface area (Å²) in [5, 5.41) is 11.4. The Morgan fingerprint density at radius 3 is 2.65 bits per heavy atom. The number of hydrogen-bond donors (Lipinski definition) is 1. The lowest BCUT2D eigenvalue weighted by Crippen LogP contribution is -2.38. The van der Waals surface area contributed by atoms with Gasteiger partial charge in [-0.1, -0.05) is 25.6 Å². The summed E-state index contributed by atoms with van der Waals surface area (Å²) in [7, 11) is 1.87. The average molecular weight is 256 g/mol. The summed E-state index contributed by atoms with van der Waals surface area (Å²) in [5.41, 5.74) is 0. The summed E-state index contributed by atoms with van der Waals surface area (Å²) < 4.78 is 1.81. The predicted octanol–water partition coefficient (Wildman–Crippen LogP) is 1.60. The first-order valence-electron chi connectivity index (χ1n) is 5.89. The molecule has 0 aliphatic carbocycles. The van der Waals surface area contributed by atoms with Crippen molar-refractivity contribution in [2.75, 3.05) is 0 Å². The standard InChI is InChI=1S/C11H20N4OS/c1-5-9(6-2)13-10(16)8(3)17-11-14-12-7-15(11)4/h7-9H,5-6H2,1-4H3,(H,13,16). The van der Waals surface area contributed by atoms with Crippen LogP contribution in [0, 0.1) is 0 Å². The molecule has 1 N–H and O–H groups in total. The van der Waals surface area contributed by atoms with Crippen LogP contribution in [0.5, 0.6) is 0 Å². The molecule has 0 spiro atoms. The first-order chi connectivity index (χ1) is 8.08. The van der Waals surface area contributed by atoms with Crippen LogP contribution in [0.1, 0.15) is 33.6 Å². The number of hydrogen-bond acceptors (Lipinski definition) is 4. The summed E-state index contributed by atoms with van der Waals surface area (Å²) >= 11 is 1.43. The Morgan fingerprint density at radius 2 is 2.18 bits per heavy atom. The molecule has 1 amide bonds. The maximum Gasteiger partial charge on any atom is 0.233 e. The van der Waals surface area contributed by atoms with Gasteiger partial charge in [0.2, 0.25) is 5.91 Å². The van der Waals surface area contributed by atoms with Crippen LogP contribution < -0.4 is 5.32 Å². The molecule has 17 heavy (non-hydrogen) atoms. The number of carbonyl (C=O) groups is 1. The van der Waals surface area contributed by atoms with Crippen LogP contribution in [0.4, 0.5) is 0 Å². The second-order valence-corrected chi connectivity index (χ2v) is 5.31. The molecule has 0 radical (unpaired) electrons. The highest BCUT2D eigenvalue weighted by molar-refractivity contribution is 8.00. The molecular formula is C11H20N4OS. The molecule has 6 heteroatoms. The fourth-order valence-corrected chi connectivity index (χ4v) is 2.20. The van der Waals surface area contributed by atoms with E-state index in [-0.39, 0.29) is 17.2 Å². The maximum atomic E-state index is 11.9. The highest BCUT2D eigenvalue weighted by Crippen LogP contribution is 2.20. The molecule has 0 saturated heterocycles. The normalized spacial score (nSPS) is 12.8. The number of rotatable bonds is 6. The number of aromatic nitrogens is 3. The Kier molecular flexibility index (Phi) is 5.47. The van der Waals surface area contributed by atoms with Crippen molar-refractivity contribution in [3.05, 3.63) is 6.33 Å². The van der Waals surface area contributed by atoms with E-state index in [0.717, 1.165) is 18.0 Å². The van der Waals surface area contributed by atoms with Gasteiger partial charge in [-0.3, -0.25) is 4.79 Å². The van der Waals surface area contributed by atoms with E-state index >= 15 is 0 Å². The number of carbonyl (C=O) groups excluding carboxylic acids is 1. The Bertz CT molecular complexity index is 362. The first kappa shape index (κ1) is 14.0. The molecule has 1 aromatic rings. The monoisotopic (exact) mass is 256 g/mol. The minimum Gasteiger partial charge on any atom is -0.352 e. The SMILES string of the molecule is CCC(CC)NC(=O)C(C)Sc1nncn1C. The molecule has 96 valence electrons. The van der Waals surface area contributed by atoms with E-state index in [4.69, 9.17) is 0 Å². The molecule has 0 bridgehead atoms. The second-order valence-electron chi connectivity index (χ2n) is 4.01. The van der Waals surface area contributed by atoms with E-state index in [1.807, 2.05) is 18.5 Å². The van der Waals surface area contributed by atoms with Crippen molar-refractivity contribution in [3.8, 4) is 0 Å². The maximum absolute atomic E-state index is 11.9. The molecule has 1 aromatic heterocycles. The van der Waals surface area contributed by atoms with Crippen molar-refractivity contribution in [2.45, 2.75) is 50.1 Å². The molecule has 0 fully saturated rings. The second kappa shape index (κ2) is 6.64. The van der Waals surface area contributed by atoms with Crippen LogP contribution in [0.15, 0.2) is 11.5 Å². The lowest BCUT2D eigenvalue weighted by atomic mass is 10.2. The van der Waals surface area contributed by atoms with Gasteiger partial charge in [-0.25, -0.2) is 0 Å². The average Bonchev–Trinajstić information content (AvgIpc) is 2.71. The van der Waals surface area contributed by atoms with E-state index in [1.165, 1.54) is 11.8 Å². The third-order valence-electron chi connectivity index (χ3n) is 2.65. The Hall–Kier alpha value is -1.04. The molecule has 1 heterocycles. The molecule has 1 atom stereocenters. The van der Waals surface area contributed by atoms with Crippen LogP contribution in [0.2, 0.25) is 0 Å². The largest absolute Gasteiger partial charge is 0.352 e. The quantitative estimate of drug-likeness (QED) is 0.785. The van der Waals surface area contributed by atoms with E-state index in [9.17, 15) is 4.79 Å². The first-order valence-corrected chi connectivity index (χ1v) is 6.77. The van der Waals surface area contributed by atoms with E-state index in [2.05, 4.69) is 29.4 Å². The van der Waals surface area contributed by atoms with Crippen molar-refractivity contribution in [2.24, 2.45) is 7.05 Å². The van der Waals surface area contributed by atoms with Gasteiger partial charge < -0.3 is 9.88 Å². The highest BCUT2D eigenvalue weighted by atomic mass is 32.2. The van der Waals surface area contributed by atoms with Gasteiger partial charge in [0, 0.05) is 13.1 Å². The van der Waals surface area contributed by atoms with Crippen LogP contribution >= 0.6 is 11.8 Å². The van der Waals surface area contributed by atoms with Crippen LogP contribution in [-0.2, 0) is 11.8 Å². The Balaban J connectivity index is 2.50. The molecule has 0 aliphatic rings. The van der Waals surface area contributed by atoms with Crippen molar-refractivity contribution in [1.82, 2.24) is 20.1 Å². The number of thioether (sulfide) groups is 1. The van der Waals surface area contributed by atoms with Gasteiger partial charge in [-0.15, -0.1) is 10.2 Å². The molecule has 0 aromatic carbocycles. The number of nitrogens with zero attached hydrogens (tertiary/aromatic N) is 3. The zero-order valence-electron chi connectivity index (χ0n) is 10.8. The Morgan fingerprint density at radius 1 is 1.53 bits per heavy atom. The van der Waals surface area contributed by atoms with Crippen molar-refractivity contribution in [3.63, 3.8) is 0 Å². The van der Waals surface area contributed by atoms with Crippen molar-refractivity contribution in [1.29, 1.82) is 0 Å². The topological polar surface area (TPSA) is 59.8 Å². The van der Waals surface area contributed by atoms with Crippen molar-refractivity contribution < 1.29 is 4.79 Å². The minimum atomic E-state index is -0.154. The van der Waals surface area contributed by atoms with E-state index in [1.54, 1.807) is 6.33 Å². The molecule has 0 aliphatic heterocycles. The highest BCUT2D eigenvalue weighted by Gasteiger charge is 2.18. The summed E-state index contributed by atoms with van der Waals surface area (Å²) in [6.07, 6.45) is 3.56. The van der Waals surface area contributed by atoms with Crippen molar-refractivity contribution >= 4 is 17.7 Å². The fraction of sp³-hybridized carbons (Fsp3) is 0.727. The molecule has 1 unspecified atom stereocenters. The zero-order valence-corrected chi connectivity index (χ0v) is 11.6.